The Labute approximate surface area is 371 Å². The van der Waals surface area contributed by atoms with Crippen molar-refractivity contribution in [2.75, 3.05) is 54.4 Å². The third-order valence-corrected chi connectivity index (χ3v) is 14.5. The van der Waals surface area contributed by atoms with Gasteiger partial charge in [-0.2, -0.15) is 5.10 Å². The lowest BCUT2D eigenvalue weighted by Crippen LogP contribution is -2.58. The molecule has 4 bridgehead atoms. The molecular formula is C48H56F2N10O4. The lowest BCUT2D eigenvalue weighted by Gasteiger charge is -2.48. The van der Waals surface area contributed by atoms with Crippen LogP contribution in [0.3, 0.4) is 0 Å². The van der Waals surface area contributed by atoms with Gasteiger partial charge in [-0.3, -0.25) is 34.9 Å². The van der Waals surface area contributed by atoms with E-state index in [1.54, 1.807) is 10.7 Å². The Morgan fingerprint density at radius 1 is 0.828 bits per heavy atom. The molecule has 2 N–H and O–H groups in total. The number of imidazole rings is 1. The molecule has 2 aromatic carbocycles. The summed E-state index contributed by atoms with van der Waals surface area (Å²) >= 11 is 0. The minimum atomic E-state index is -1.01. The van der Waals surface area contributed by atoms with Gasteiger partial charge >= 0.3 is 0 Å². The van der Waals surface area contributed by atoms with Crippen molar-refractivity contribution in [1.29, 1.82) is 0 Å². The first-order valence-electron chi connectivity index (χ1n) is 23.0. The molecule has 3 aromatic heterocycles. The van der Waals surface area contributed by atoms with E-state index in [1.165, 1.54) is 12.1 Å². The van der Waals surface area contributed by atoms with Gasteiger partial charge in [-0.15, -0.1) is 0 Å². The number of pyridine rings is 1. The topological polar surface area (TPSA) is 143 Å². The van der Waals surface area contributed by atoms with Crippen LogP contribution in [0.1, 0.15) is 91.5 Å². The van der Waals surface area contributed by atoms with E-state index >= 15 is 8.78 Å². The third kappa shape index (κ3) is 7.87. The van der Waals surface area contributed by atoms with Crippen molar-refractivity contribution in [2.45, 2.75) is 96.7 Å². The summed E-state index contributed by atoms with van der Waals surface area (Å²) in [6.45, 7) is 11.3. The first-order chi connectivity index (χ1) is 30.9. The normalized spacial score (nSPS) is 23.6. The molecular weight excluding hydrogens is 819 g/mol. The zero-order valence-corrected chi connectivity index (χ0v) is 37.0. The number of hydrogen-bond acceptors (Lipinski definition) is 10. The zero-order valence-electron chi connectivity index (χ0n) is 37.0. The van der Waals surface area contributed by atoms with Crippen LogP contribution < -0.4 is 25.2 Å². The van der Waals surface area contributed by atoms with Crippen LogP contribution in [0.5, 0.6) is 5.88 Å². The minimum absolute atomic E-state index is 0.0570. The second kappa shape index (κ2) is 16.9. The molecule has 5 aromatic rings. The first-order valence-corrected chi connectivity index (χ1v) is 23.0. The lowest BCUT2D eigenvalue weighted by atomic mass is 9.89. The van der Waals surface area contributed by atoms with Gasteiger partial charge in [0.2, 0.25) is 23.6 Å². The number of carbonyl (C=O) groups is 3. The molecule has 3 saturated heterocycles. The molecule has 1 aliphatic carbocycles. The van der Waals surface area contributed by atoms with Crippen molar-refractivity contribution >= 4 is 46.1 Å². The Bertz CT molecular complexity index is 2630. The fourth-order valence-corrected chi connectivity index (χ4v) is 11.2. The number of piperazine rings is 1. The molecule has 64 heavy (non-hydrogen) atoms. The van der Waals surface area contributed by atoms with Crippen molar-refractivity contribution in [2.24, 2.45) is 18.9 Å². The van der Waals surface area contributed by atoms with Crippen molar-refractivity contribution in [3.8, 4) is 17.1 Å². The van der Waals surface area contributed by atoms with E-state index < -0.39 is 29.4 Å². The van der Waals surface area contributed by atoms with Gasteiger partial charge < -0.3 is 19.1 Å². The Morgan fingerprint density at radius 2 is 1.61 bits per heavy atom. The number of fused-ring (bicyclic) bond motifs is 9. The SMILES string of the molecule is CC[C@H]1CN(c2ccc3nc4n(c3c2)C[C@@H]2CC[C@H](COc3c(c(C)nn3C)-c3cc(cc(C)n3)C(=O)N4)C2)CCN1C1CCN(c2cc(F)c([C@H]3CCC(=O)NC3=O)c(F)c2)CC1. The monoisotopic (exact) mass is 874 g/mol. The molecule has 4 fully saturated rings. The van der Waals surface area contributed by atoms with Gasteiger partial charge in [-0.05, 0) is 113 Å². The average Bonchev–Trinajstić information content (AvgIpc) is 3.96. The number of ether oxygens (including phenoxy) is 1. The molecule has 0 radical (unpaired) electrons. The van der Waals surface area contributed by atoms with E-state index in [4.69, 9.17) is 14.7 Å². The molecule has 0 spiro atoms. The number of anilines is 3. The second-order valence-electron chi connectivity index (χ2n) is 18.6. The molecule has 1 saturated carbocycles. The summed E-state index contributed by atoms with van der Waals surface area (Å²) in [6.07, 6.45) is 5.99. The maximum absolute atomic E-state index is 15.4. The average molecular weight is 875 g/mol. The summed E-state index contributed by atoms with van der Waals surface area (Å²) in [5.74, 6) is -1.83. The summed E-state index contributed by atoms with van der Waals surface area (Å²) < 4.78 is 41.3. The van der Waals surface area contributed by atoms with Crippen LogP contribution in [0.25, 0.3) is 22.3 Å². The molecule has 14 nitrogen and oxygen atoms in total. The number of piperidine rings is 2. The summed E-state index contributed by atoms with van der Waals surface area (Å²) in [6, 6.07) is 13.4. The number of carbonyl (C=O) groups excluding carboxylic acids is 3. The highest BCUT2D eigenvalue weighted by molar-refractivity contribution is 6.05. The predicted molar refractivity (Wildman–Crippen MR) is 240 cm³/mol. The standard InChI is InChI=1S/C48H56F2N10O4/c1-5-32-25-58(16-17-59(32)33-12-14-57(15-13-33)35-21-37(49)44(38(50)22-35)36-9-11-42(61)53-46(36)63)34-8-10-39-41(23-34)60-24-29-6-7-30(19-29)26-64-47-43(28(3)55-56(47)4)40-20-31(18-27(2)51-40)45(62)54-48(60)52-39/h8,10,18,20-23,29-30,32-33,36H,5-7,9,11-17,19,24-26H2,1-4H3,(H,52,54,62)(H,53,61,63)/t29-,30+,32+,36-/m1/s1. The maximum atomic E-state index is 15.4. The Kier molecular flexibility index (Phi) is 11.1. The third-order valence-electron chi connectivity index (χ3n) is 14.5. The molecule has 5 aliphatic rings. The number of nitrogens with zero attached hydrogens (tertiary/aromatic N) is 8. The number of hydrogen-bond donors (Lipinski definition) is 2. The Balaban J connectivity index is 0.854. The number of aromatic nitrogens is 5. The van der Waals surface area contributed by atoms with Gasteiger partial charge in [-0.1, -0.05) is 6.92 Å². The van der Waals surface area contributed by atoms with E-state index in [2.05, 4.69) is 55.2 Å². The summed E-state index contributed by atoms with van der Waals surface area (Å²) in [7, 11) is 1.89. The van der Waals surface area contributed by atoms with E-state index in [1.807, 2.05) is 31.9 Å². The molecule has 3 amide bonds. The largest absolute Gasteiger partial charge is 0.477 e. The number of amides is 3. The summed E-state index contributed by atoms with van der Waals surface area (Å²) in [5.41, 5.74) is 6.65. The van der Waals surface area contributed by atoms with E-state index in [0.717, 1.165) is 98.4 Å². The van der Waals surface area contributed by atoms with Gasteiger partial charge in [0.15, 0.2) is 0 Å². The molecule has 4 atom stereocenters. The molecule has 10 rings (SSSR count). The van der Waals surface area contributed by atoms with E-state index in [0.29, 0.717) is 72.4 Å². The molecule has 16 heteroatoms. The van der Waals surface area contributed by atoms with Gasteiger partial charge in [0, 0.05) is 93.0 Å². The van der Waals surface area contributed by atoms with Crippen LogP contribution in [0.2, 0.25) is 0 Å². The Hall–Kier alpha value is -5.90. The smallest absolute Gasteiger partial charge is 0.258 e. The van der Waals surface area contributed by atoms with Crippen LogP contribution in [-0.2, 0) is 23.2 Å². The number of aryl methyl sites for hydroxylation is 3. The minimum Gasteiger partial charge on any atom is -0.477 e. The zero-order chi connectivity index (χ0) is 44.4. The lowest BCUT2D eigenvalue weighted by molar-refractivity contribution is -0.134. The highest BCUT2D eigenvalue weighted by Gasteiger charge is 2.36. The van der Waals surface area contributed by atoms with Crippen molar-refractivity contribution in [3.63, 3.8) is 0 Å². The molecule has 4 aliphatic heterocycles. The van der Waals surface area contributed by atoms with Gasteiger partial charge in [0.05, 0.1) is 40.5 Å². The van der Waals surface area contributed by atoms with Gasteiger partial charge in [-0.25, -0.2) is 18.4 Å². The number of imide groups is 1. The fourth-order valence-electron chi connectivity index (χ4n) is 11.2. The number of rotatable bonds is 5. The number of nitrogens with one attached hydrogen (secondary N) is 2. The Morgan fingerprint density at radius 3 is 2.38 bits per heavy atom. The summed E-state index contributed by atoms with van der Waals surface area (Å²) in [5, 5.41) is 10.1. The maximum Gasteiger partial charge on any atom is 0.258 e. The first kappa shape index (κ1) is 42.1. The highest BCUT2D eigenvalue weighted by atomic mass is 19.1. The van der Waals surface area contributed by atoms with Gasteiger partial charge in [0.1, 0.15) is 11.6 Å². The van der Waals surface area contributed by atoms with Crippen molar-refractivity contribution in [3.05, 3.63) is 76.6 Å². The molecule has 7 heterocycles. The van der Waals surface area contributed by atoms with Crippen LogP contribution in [0.4, 0.5) is 26.1 Å². The van der Waals surface area contributed by atoms with Crippen LogP contribution in [0.15, 0.2) is 42.5 Å². The quantitative estimate of drug-likeness (QED) is 0.180. The van der Waals surface area contributed by atoms with Crippen molar-refractivity contribution in [1.82, 2.24) is 34.5 Å². The predicted octanol–water partition coefficient (Wildman–Crippen LogP) is 6.88. The fraction of sp³-hybridized carbons (Fsp3) is 0.500. The van der Waals surface area contributed by atoms with Crippen molar-refractivity contribution < 1.29 is 27.9 Å². The molecule has 0 unspecified atom stereocenters. The van der Waals surface area contributed by atoms with Crippen LogP contribution >= 0.6 is 0 Å². The van der Waals surface area contributed by atoms with E-state index in [-0.39, 0.29) is 24.3 Å². The van der Waals surface area contributed by atoms with E-state index in [9.17, 15) is 14.4 Å². The summed E-state index contributed by atoms with van der Waals surface area (Å²) in [4.78, 5) is 55.1. The van der Waals surface area contributed by atoms with Crippen LogP contribution in [-0.4, -0.2) is 98.4 Å². The highest BCUT2D eigenvalue weighted by Crippen LogP contribution is 2.39. The van der Waals surface area contributed by atoms with Gasteiger partial charge in [0.25, 0.3) is 5.91 Å². The van der Waals surface area contributed by atoms with Crippen LogP contribution in [0, 0.1) is 37.3 Å². The number of halogens is 2. The molecule has 336 valence electrons. The second-order valence-corrected chi connectivity index (χ2v) is 18.6. The number of benzene rings is 2.